The number of hydrogen-bond acceptors (Lipinski definition) is 6. The van der Waals surface area contributed by atoms with Crippen LogP contribution in [-0.4, -0.2) is 36.5 Å². The second-order valence-corrected chi connectivity index (χ2v) is 10.2. The number of phenols is 1. The Morgan fingerprint density at radius 2 is 1.90 bits per heavy atom. The Bertz CT molecular complexity index is 1800. The summed E-state index contributed by atoms with van der Waals surface area (Å²) in [5, 5.41) is 15.6. The van der Waals surface area contributed by atoms with Crippen LogP contribution in [0.1, 0.15) is 23.9 Å². The van der Waals surface area contributed by atoms with Gasteiger partial charge in [-0.2, -0.15) is 5.10 Å². The molecule has 0 spiro atoms. The Kier molecular flexibility index (Phi) is 6.44. The minimum atomic E-state index is 0.151. The maximum absolute atomic E-state index is 10.8. The van der Waals surface area contributed by atoms with Crippen molar-refractivity contribution in [1.29, 1.82) is 0 Å². The van der Waals surface area contributed by atoms with Crippen molar-refractivity contribution in [3.8, 4) is 40.2 Å². The normalized spacial score (nSPS) is 11.4. The lowest BCUT2D eigenvalue weighted by Gasteiger charge is -2.12. The van der Waals surface area contributed by atoms with Crippen molar-refractivity contribution in [2.75, 3.05) is 7.11 Å². The van der Waals surface area contributed by atoms with E-state index in [1.807, 2.05) is 60.1 Å². The number of fused-ring (bicyclic) bond motifs is 1. The second-order valence-electron chi connectivity index (χ2n) is 9.26. The summed E-state index contributed by atoms with van der Waals surface area (Å²) in [5.74, 6) is 2.96. The molecular formula is C30H26BrN5O3. The van der Waals surface area contributed by atoms with Gasteiger partial charge in [0, 0.05) is 16.7 Å². The topological polar surface area (TPSA) is 91.1 Å². The number of halogens is 1. The van der Waals surface area contributed by atoms with Gasteiger partial charge in [-0.05, 0) is 73.5 Å². The standard InChI is InChI=1S/C30H26BrN5O3/c1-4-21-14-26(28-11-5-18(2)39-28)36(34-21)22-8-9-25-24(15-22)33-30(23-13-20(31)7-10-27(23)37)35(25)17-19-6-12-29(38-3)32-16-19/h5-16,37H,4,17H2,1-3H3. The van der Waals surface area contributed by atoms with Gasteiger partial charge in [0.05, 0.1) is 41.6 Å². The first-order valence-corrected chi connectivity index (χ1v) is 13.4. The number of aryl methyl sites for hydroxylation is 2. The zero-order valence-corrected chi connectivity index (χ0v) is 23.3. The first kappa shape index (κ1) is 24.9. The monoisotopic (exact) mass is 583 g/mol. The average molecular weight is 584 g/mol. The molecule has 0 aliphatic heterocycles. The van der Waals surface area contributed by atoms with Crippen molar-refractivity contribution in [2.45, 2.75) is 26.8 Å². The van der Waals surface area contributed by atoms with E-state index in [-0.39, 0.29) is 5.75 Å². The smallest absolute Gasteiger partial charge is 0.212 e. The van der Waals surface area contributed by atoms with Crippen LogP contribution in [0.15, 0.2) is 81.8 Å². The molecule has 0 atom stereocenters. The first-order chi connectivity index (χ1) is 18.9. The quantitative estimate of drug-likeness (QED) is 0.219. The van der Waals surface area contributed by atoms with Crippen LogP contribution in [-0.2, 0) is 13.0 Å². The summed E-state index contributed by atoms with van der Waals surface area (Å²) in [6.45, 7) is 4.52. The zero-order valence-electron chi connectivity index (χ0n) is 21.7. The van der Waals surface area contributed by atoms with Crippen molar-refractivity contribution in [3.63, 3.8) is 0 Å². The fraction of sp³-hybridized carbons (Fsp3) is 0.167. The van der Waals surface area contributed by atoms with Gasteiger partial charge in [0.25, 0.3) is 0 Å². The lowest BCUT2D eigenvalue weighted by Crippen LogP contribution is -2.03. The number of aromatic nitrogens is 5. The summed E-state index contributed by atoms with van der Waals surface area (Å²) in [6, 6.07) is 21.2. The van der Waals surface area contributed by atoms with Crippen LogP contribution >= 0.6 is 15.9 Å². The van der Waals surface area contributed by atoms with Gasteiger partial charge in [0.1, 0.15) is 23.0 Å². The molecule has 9 heteroatoms. The molecular weight excluding hydrogens is 558 g/mol. The fourth-order valence-corrected chi connectivity index (χ4v) is 5.02. The van der Waals surface area contributed by atoms with Gasteiger partial charge in [-0.15, -0.1) is 0 Å². The summed E-state index contributed by atoms with van der Waals surface area (Å²) in [6.07, 6.45) is 2.59. The summed E-state index contributed by atoms with van der Waals surface area (Å²) >= 11 is 3.54. The van der Waals surface area contributed by atoms with E-state index in [1.165, 1.54) is 0 Å². The molecule has 1 N–H and O–H groups in total. The van der Waals surface area contributed by atoms with Crippen LogP contribution in [0.2, 0.25) is 0 Å². The number of furan rings is 1. The molecule has 0 unspecified atom stereocenters. The van der Waals surface area contributed by atoms with E-state index in [9.17, 15) is 5.11 Å². The van der Waals surface area contributed by atoms with Crippen LogP contribution in [0.25, 0.3) is 39.6 Å². The highest BCUT2D eigenvalue weighted by atomic mass is 79.9. The van der Waals surface area contributed by atoms with Crippen LogP contribution in [0.5, 0.6) is 11.6 Å². The van der Waals surface area contributed by atoms with Gasteiger partial charge >= 0.3 is 0 Å². The second kappa shape index (κ2) is 10.1. The number of rotatable bonds is 7. The van der Waals surface area contributed by atoms with Gasteiger partial charge < -0.3 is 18.8 Å². The lowest BCUT2D eigenvalue weighted by atomic mass is 10.2. The summed E-state index contributed by atoms with van der Waals surface area (Å²) in [4.78, 5) is 9.37. The third kappa shape index (κ3) is 4.70. The Morgan fingerprint density at radius 1 is 1.03 bits per heavy atom. The number of nitrogens with zero attached hydrogens (tertiary/aromatic N) is 5. The minimum Gasteiger partial charge on any atom is -0.507 e. The highest BCUT2D eigenvalue weighted by Gasteiger charge is 2.19. The van der Waals surface area contributed by atoms with E-state index in [0.717, 1.165) is 56.1 Å². The molecule has 4 aromatic heterocycles. The van der Waals surface area contributed by atoms with E-state index in [0.29, 0.717) is 23.8 Å². The Hall–Kier alpha value is -4.37. The molecule has 0 radical (unpaired) electrons. The molecule has 0 amide bonds. The van der Waals surface area contributed by atoms with E-state index in [4.69, 9.17) is 19.2 Å². The molecule has 0 saturated carbocycles. The Morgan fingerprint density at radius 3 is 2.62 bits per heavy atom. The summed E-state index contributed by atoms with van der Waals surface area (Å²) in [5.41, 5.74) is 6.02. The molecule has 2 aromatic carbocycles. The Labute approximate surface area is 233 Å². The van der Waals surface area contributed by atoms with Crippen LogP contribution in [0.4, 0.5) is 0 Å². The van der Waals surface area contributed by atoms with E-state index in [1.54, 1.807) is 25.4 Å². The molecule has 0 fully saturated rings. The average Bonchev–Trinajstić information content (AvgIpc) is 3.67. The molecule has 0 aliphatic carbocycles. The van der Waals surface area contributed by atoms with Crippen molar-refractivity contribution < 1.29 is 14.3 Å². The van der Waals surface area contributed by atoms with Gasteiger partial charge in [-0.3, -0.25) is 0 Å². The van der Waals surface area contributed by atoms with E-state index in [2.05, 4.69) is 38.5 Å². The third-order valence-corrected chi connectivity index (χ3v) is 7.13. The van der Waals surface area contributed by atoms with Crippen molar-refractivity contribution in [1.82, 2.24) is 24.3 Å². The molecule has 4 heterocycles. The molecule has 0 saturated heterocycles. The zero-order chi connectivity index (χ0) is 27.1. The van der Waals surface area contributed by atoms with Crippen LogP contribution in [0.3, 0.4) is 0 Å². The number of benzene rings is 2. The summed E-state index contributed by atoms with van der Waals surface area (Å²) in [7, 11) is 1.60. The maximum Gasteiger partial charge on any atom is 0.212 e. The maximum atomic E-state index is 10.8. The number of hydrogen-bond donors (Lipinski definition) is 1. The van der Waals surface area contributed by atoms with Crippen molar-refractivity contribution >= 4 is 27.0 Å². The fourth-order valence-electron chi connectivity index (χ4n) is 4.66. The summed E-state index contributed by atoms with van der Waals surface area (Å²) < 4.78 is 16.0. The van der Waals surface area contributed by atoms with Crippen molar-refractivity contribution in [2.24, 2.45) is 0 Å². The third-order valence-electron chi connectivity index (χ3n) is 6.64. The number of ether oxygens (including phenoxy) is 1. The molecule has 0 aliphatic rings. The van der Waals surface area contributed by atoms with Gasteiger partial charge in [0.2, 0.25) is 5.88 Å². The predicted molar refractivity (Wildman–Crippen MR) is 153 cm³/mol. The predicted octanol–water partition coefficient (Wildman–Crippen LogP) is 6.94. The van der Waals surface area contributed by atoms with Gasteiger partial charge in [0.15, 0.2) is 5.76 Å². The molecule has 6 rings (SSSR count). The van der Waals surface area contributed by atoms with Crippen LogP contribution < -0.4 is 4.74 Å². The SMILES string of the molecule is CCc1cc(-c2ccc(C)o2)n(-c2ccc3c(c2)nc(-c2cc(Br)ccc2O)n3Cc2ccc(OC)nc2)n1. The lowest BCUT2D eigenvalue weighted by molar-refractivity contribution is 0.397. The molecule has 39 heavy (non-hydrogen) atoms. The largest absolute Gasteiger partial charge is 0.507 e. The number of imidazole rings is 1. The van der Waals surface area contributed by atoms with Gasteiger partial charge in [-0.25, -0.2) is 14.6 Å². The molecule has 6 aromatic rings. The van der Waals surface area contributed by atoms with Crippen molar-refractivity contribution in [3.05, 3.63) is 94.4 Å². The number of phenolic OH excluding ortho intramolecular Hbond substituents is 1. The van der Waals surface area contributed by atoms with Crippen LogP contribution in [0, 0.1) is 6.92 Å². The number of methoxy groups -OCH3 is 1. The highest BCUT2D eigenvalue weighted by Crippen LogP contribution is 2.35. The Balaban J connectivity index is 1.52. The highest BCUT2D eigenvalue weighted by molar-refractivity contribution is 9.10. The first-order valence-electron chi connectivity index (χ1n) is 12.6. The molecule has 196 valence electrons. The minimum absolute atomic E-state index is 0.151. The van der Waals surface area contributed by atoms with Gasteiger partial charge in [-0.1, -0.05) is 28.9 Å². The number of aromatic hydroxyl groups is 1. The van der Waals surface area contributed by atoms with E-state index >= 15 is 0 Å². The molecule has 8 nitrogen and oxygen atoms in total. The molecule has 0 bridgehead atoms. The number of pyridine rings is 1. The van der Waals surface area contributed by atoms with E-state index < -0.39 is 0 Å².